The Labute approximate surface area is 296 Å². The number of benzene rings is 4. The Morgan fingerprint density at radius 2 is 0.959 bits per heavy atom. The summed E-state index contributed by atoms with van der Waals surface area (Å²) in [4.78, 5) is 16.8. The van der Waals surface area contributed by atoms with Crippen LogP contribution in [-0.2, 0) is 0 Å². The lowest BCUT2D eigenvalue weighted by molar-refractivity contribution is 0.823. The Morgan fingerprint density at radius 1 is 0.571 bits per heavy atom. The normalized spacial score (nSPS) is 8.47. The molecule has 2 aromatic heterocycles. The number of aromatic nitrogens is 4. The second-order valence-corrected chi connectivity index (χ2v) is 9.55. The summed E-state index contributed by atoms with van der Waals surface area (Å²) in [5.74, 6) is 0.847. The number of terminal acetylenes is 1. The molecule has 0 saturated heterocycles. The summed E-state index contributed by atoms with van der Waals surface area (Å²) < 4.78 is 0. The predicted octanol–water partition coefficient (Wildman–Crippen LogP) is 7.12. The van der Waals surface area contributed by atoms with Gasteiger partial charge >= 0.3 is 0 Å². The van der Waals surface area contributed by atoms with E-state index in [0.717, 1.165) is 39.0 Å². The summed E-state index contributed by atoms with van der Waals surface area (Å²) in [7, 11) is 0. The second kappa shape index (κ2) is 27.9. The van der Waals surface area contributed by atoms with Crippen molar-refractivity contribution in [1.82, 2.24) is 19.9 Å². The SMILES string of the molecule is CC.CC.Cc1cc2ncnc(Cl)c2cc1C.Cc1cc2ncnc(Nc3ccccc3)c2cc1C.Nc1ccccc1.O.O.O.O.[C-]#C. The molecule has 0 amide bonds. The van der Waals surface area contributed by atoms with Crippen molar-refractivity contribution in [3.8, 4) is 6.42 Å². The van der Waals surface area contributed by atoms with Crippen LogP contribution in [0.25, 0.3) is 21.8 Å². The number of nitrogen functional groups attached to an aromatic ring is 1. The summed E-state index contributed by atoms with van der Waals surface area (Å²) in [5, 5.41) is 5.84. The van der Waals surface area contributed by atoms with Gasteiger partial charge in [-0.05, 0) is 98.5 Å². The summed E-state index contributed by atoms with van der Waals surface area (Å²) >= 11 is 5.93. The van der Waals surface area contributed by atoms with Crippen LogP contribution in [0.1, 0.15) is 49.9 Å². The first-order valence-electron chi connectivity index (χ1n) is 14.8. The molecule has 4 aromatic carbocycles. The fraction of sp³-hybridized carbons (Fsp3) is 0.211. The number of nitrogens with zero attached hydrogens (tertiary/aromatic N) is 4. The molecule has 10 nitrogen and oxygen atoms in total. The van der Waals surface area contributed by atoms with E-state index in [2.05, 4.69) is 71.5 Å². The van der Waals surface area contributed by atoms with Crippen LogP contribution >= 0.6 is 11.6 Å². The number of fused-ring (bicyclic) bond motifs is 2. The molecule has 11 heteroatoms. The number of aryl methyl sites for hydroxylation is 4. The molecule has 49 heavy (non-hydrogen) atoms. The topological polar surface area (TPSA) is 216 Å². The van der Waals surface area contributed by atoms with Crippen LogP contribution in [0.3, 0.4) is 0 Å². The number of nitrogens with one attached hydrogen (secondary N) is 1. The van der Waals surface area contributed by atoms with Crippen LogP contribution in [0.5, 0.6) is 0 Å². The standard InChI is InChI=1S/C16H15N3.C10H9ClN2.C6H7N.2C2H6.C2H.4H2O/c1-11-8-14-15(9-12(11)2)17-10-18-16(14)19-13-6-4-3-5-7-13;1-6-3-8-9(4-7(6)2)12-5-13-10(8)11;7-6-4-2-1-3-5-6;3*1-2;;;;/h3-10H,1-2H3,(H,17,18,19);3-5H,1-2H3;1-5H,7H2;2*1-2H3;1H;4*1H2/q;;;;;-1;;;;. The van der Waals surface area contributed by atoms with E-state index >= 15 is 0 Å². The highest BCUT2D eigenvalue weighted by Crippen LogP contribution is 2.25. The summed E-state index contributed by atoms with van der Waals surface area (Å²) in [6.07, 6.45) is 12.1. The quantitative estimate of drug-likeness (QED) is 0.0833. The summed E-state index contributed by atoms with van der Waals surface area (Å²) in [5.41, 5.74) is 14.0. The molecular formula is C38H52ClN6O4-. The molecule has 2 heterocycles. The van der Waals surface area contributed by atoms with E-state index in [1.807, 2.05) is 100 Å². The number of halogens is 1. The van der Waals surface area contributed by atoms with E-state index < -0.39 is 0 Å². The fourth-order valence-electron chi connectivity index (χ4n) is 3.81. The van der Waals surface area contributed by atoms with Gasteiger partial charge < -0.3 is 45.8 Å². The van der Waals surface area contributed by atoms with Crippen LogP contribution in [0.2, 0.25) is 5.15 Å². The van der Waals surface area contributed by atoms with Gasteiger partial charge in [-0.15, -0.1) is 0 Å². The fourth-order valence-corrected chi connectivity index (χ4v) is 4.01. The Morgan fingerprint density at radius 3 is 1.41 bits per heavy atom. The number of para-hydroxylation sites is 2. The van der Waals surface area contributed by atoms with Gasteiger partial charge in [0.1, 0.15) is 23.6 Å². The van der Waals surface area contributed by atoms with Gasteiger partial charge in [0.25, 0.3) is 0 Å². The highest BCUT2D eigenvalue weighted by atomic mass is 35.5. The molecular weight excluding hydrogens is 640 g/mol. The van der Waals surface area contributed by atoms with E-state index in [4.69, 9.17) is 23.8 Å². The van der Waals surface area contributed by atoms with Crippen molar-refractivity contribution >= 4 is 50.6 Å². The van der Waals surface area contributed by atoms with Crippen molar-refractivity contribution in [3.63, 3.8) is 0 Å². The third kappa shape index (κ3) is 16.0. The summed E-state index contributed by atoms with van der Waals surface area (Å²) in [6, 6.07) is 27.8. The maximum Gasteiger partial charge on any atom is 0.141 e. The zero-order valence-electron chi connectivity index (χ0n) is 29.6. The van der Waals surface area contributed by atoms with Gasteiger partial charge in [-0.25, -0.2) is 19.9 Å². The third-order valence-corrected chi connectivity index (χ3v) is 6.59. The van der Waals surface area contributed by atoms with Gasteiger partial charge in [-0.1, -0.05) is 75.7 Å². The predicted molar refractivity (Wildman–Crippen MR) is 209 cm³/mol. The Bertz CT molecular complexity index is 1760. The van der Waals surface area contributed by atoms with Crippen LogP contribution in [0.15, 0.2) is 97.6 Å². The van der Waals surface area contributed by atoms with E-state index in [1.54, 1.807) is 6.33 Å². The van der Waals surface area contributed by atoms with Crippen molar-refractivity contribution in [1.29, 1.82) is 0 Å². The van der Waals surface area contributed by atoms with E-state index in [1.165, 1.54) is 28.6 Å². The molecule has 0 aliphatic rings. The zero-order chi connectivity index (χ0) is 33.8. The highest BCUT2D eigenvalue weighted by molar-refractivity contribution is 6.34. The minimum Gasteiger partial charge on any atom is -0.697 e. The second-order valence-electron chi connectivity index (χ2n) is 9.20. The first-order chi connectivity index (χ1) is 21.8. The Hall–Kier alpha value is -5.15. The van der Waals surface area contributed by atoms with Gasteiger partial charge in [0.15, 0.2) is 0 Å². The van der Waals surface area contributed by atoms with Crippen LogP contribution in [-0.4, -0.2) is 41.8 Å². The molecule has 11 N–H and O–H groups in total. The Balaban J connectivity index is -0.000000297. The number of hydrogen-bond donors (Lipinski definition) is 2. The van der Waals surface area contributed by atoms with Crippen LogP contribution < -0.4 is 11.1 Å². The number of nitrogens with two attached hydrogens (primary N) is 1. The van der Waals surface area contributed by atoms with Gasteiger partial charge in [-0.3, -0.25) is 0 Å². The zero-order valence-corrected chi connectivity index (χ0v) is 30.3. The van der Waals surface area contributed by atoms with Gasteiger partial charge in [0, 0.05) is 22.1 Å². The monoisotopic (exact) mass is 691 g/mol. The largest absolute Gasteiger partial charge is 0.697 e. The van der Waals surface area contributed by atoms with Crippen LogP contribution in [0.4, 0.5) is 17.2 Å². The van der Waals surface area contributed by atoms with Crippen molar-refractivity contribution in [2.24, 2.45) is 0 Å². The van der Waals surface area contributed by atoms with Gasteiger partial charge in [0.2, 0.25) is 0 Å². The number of anilines is 3. The van der Waals surface area contributed by atoms with Gasteiger partial charge in [-0.2, -0.15) is 0 Å². The van der Waals surface area contributed by atoms with E-state index in [-0.39, 0.29) is 21.9 Å². The summed E-state index contributed by atoms with van der Waals surface area (Å²) in [6.45, 7) is 16.3. The highest BCUT2D eigenvalue weighted by Gasteiger charge is 2.06. The van der Waals surface area contributed by atoms with Gasteiger partial charge in [0.05, 0.1) is 11.0 Å². The Kier molecular flexibility index (Phi) is 28.9. The van der Waals surface area contributed by atoms with Crippen LogP contribution in [0, 0.1) is 40.5 Å². The number of hydrogen-bond acceptors (Lipinski definition) is 6. The third-order valence-electron chi connectivity index (χ3n) is 6.29. The molecule has 6 rings (SSSR count). The molecule has 0 aliphatic heterocycles. The average molecular weight is 692 g/mol. The maximum atomic E-state index is 5.93. The molecule has 0 fully saturated rings. The first kappa shape index (κ1) is 50.7. The molecule has 0 atom stereocenters. The van der Waals surface area contributed by atoms with Crippen molar-refractivity contribution in [2.45, 2.75) is 55.4 Å². The lowest BCUT2D eigenvalue weighted by atomic mass is 10.1. The lowest BCUT2D eigenvalue weighted by Crippen LogP contribution is -1.96. The number of rotatable bonds is 2. The van der Waals surface area contributed by atoms with Crippen molar-refractivity contribution in [3.05, 3.63) is 131 Å². The maximum absolute atomic E-state index is 5.93. The first-order valence-corrected chi connectivity index (χ1v) is 15.2. The van der Waals surface area contributed by atoms with E-state index in [9.17, 15) is 0 Å². The minimum absolute atomic E-state index is 0. The molecule has 0 unspecified atom stereocenters. The molecule has 0 spiro atoms. The van der Waals surface area contributed by atoms with Crippen molar-refractivity contribution in [2.75, 3.05) is 11.1 Å². The average Bonchev–Trinajstić information content (AvgIpc) is 3.07. The van der Waals surface area contributed by atoms with E-state index in [0.29, 0.717) is 5.15 Å². The smallest absolute Gasteiger partial charge is 0.141 e. The van der Waals surface area contributed by atoms with Crippen molar-refractivity contribution < 1.29 is 21.9 Å². The molecule has 0 bridgehead atoms. The molecule has 0 saturated carbocycles. The molecule has 6 aromatic rings. The lowest BCUT2D eigenvalue weighted by Gasteiger charge is -2.09. The molecule has 0 aliphatic carbocycles. The minimum atomic E-state index is 0. The molecule has 266 valence electrons. The molecule has 0 radical (unpaired) electrons.